The fourth-order valence-electron chi connectivity index (χ4n) is 1.21. The van der Waals surface area contributed by atoms with Crippen molar-refractivity contribution in [2.45, 2.75) is 13.0 Å². The van der Waals surface area contributed by atoms with E-state index in [0.717, 1.165) is 6.54 Å². The molecule has 0 aliphatic rings. The summed E-state index contributed by atoms with van der Waals surface area (Å²) in [5.41, 5.74) is 5.51. The number of nitrogens with zero attached hydrogens (tertiary/aromatic N) is 1. The number of ether oxygens (including phenoxy) is 2. The Morgan fingerprint density at radius 3 is 2.50 bits per heavy atom. The average Bonchev–Trinajstić information content (AvgIpc) is 2.12. The van der Waals surface area contributed by atoms with E-state index >= 15 is 0 Å². The Labute approximate surface area is 91.3 Å². The predicted octanol–water partition coefficient (Wildman–Crippen LogP) is 0.256. The molecule has 5 heteroatoms. The van der Waals surface area contributed by atoms with Crippen LogP contribution in [0.15, 0.2) is 0 Å². The Kier molecular flexibility index (Phi) is 7.98. The molecule has 0 aromatic rings. The second-order valence-corrected chi connectivity index (χ2v) is 3.76. The van der Waals surface area contributed by atoms with Crippen molar-refractivity contribution >= 4 is 17.2 Å². The van der Waals surface area contributed by atoms with Gasteiger partial charge in [0.2, 0.25) is 0 Å². The van der Waals surface area contributed by atoms with Crippen LogP contribution in [0.2, 0.25) is 0 Å². The zero-order valence-electron chi connectivity index (χ0n) is 9.16. The normalized spacial score (nSPS) is 13.1. The van der Waals surface area contributed by atoms with E-state index in [-0.39, 0.29) is 0 Å². The topological polar surface area (TPSA) is 47.7 Å². The molecule has 0 spiro atoms. The SMILES string of the molecule is COCCN(CC(N)=S)C(C)COC. The number of hydrogen-bond acceptors (Lipinski definition) is 4. The van der Waals surface area contributed by atoms with Crippen molar-refractivity contribution in [2.24, 2.45) is 5.73 Å². The number of nitrogens with two attached hydrogens (primary N) is 1. The van der Waals surface area contributed by atoms with Crippen molar-refractivity contribution in [1.82, 2.24) is 4.90 Å². The summed E-state index contributed by atoms with van der Waals surface area (Å²) >= 11 is 4.88. The maximum Gasteiger partial charge on any atom is 0.0870 e. The number of rotatable bonds is 8. The van der Waals surface area contributed by atoms with Gasteiger partial charge in [0.25, 0.3) is 0 Å². The van der Waals surface area contributed by atoms with E-state index in [1.165, 1.54) is 0 Å². The van der Waals surface area contributed by atoms with Gasteiger partial charge in [-0.2, -0.15) is 0 Å². The Morgan fingerprint density at radius 2 is 2.07 bits per heavy atom. The Bertz CT molecular complexity index is 167. The number of hydrogen-bond donors (Lipinski definition) is 1. The molecule has 4 nitrogen and oxygen atoms in total. The Balaban J connectivity index is 4.00. The lowest BCUT2D eigenvalue weighted by molar-refractivity contribution is 0.0851. The van der Waals surface area contributed by atoms with E-state index in [2.05, 4.69) is 11.8 Å². The fraction of sp³-hybridized carbons (Fsp3) is 0.889. The van der Waals surface area contributed by atoms with Gasteiger partial charge in [0, 0.05) is 33.4 Å². The van der Waals surface area contributed by atoms with Crippen LogP contribution in [0.1, 0.15) is 6.92 Å². The molecular formula is C9H20N2O2S. The number of methoxy groups -OCH3 is 2. The van der Waals surface area contributed by atoms with E-state index in [1.54, 1.807) is 14.2 Å². The molecule has 0 saturated heterocycles. The second kappa shape index (κ2) is 8.11. The largest absolute Gasteiger partial charge is 0.392 e. The number of thiocarbonyl (C=S) groups is 1. The van der Waals surface area contributed by atoms with Gasteiger partial charge in [-0.25, -0.2) is 0 Å². The van der Waals surface area contributed by atoms with Crippen molar-refractivity contribution in [3.63, 3.8) is 0 Å². The summed E-state index contributed by atoms with van der Waals surface area (Å²) < 4.78 is 10.1. The first-order valence-corrected chi connectivity index (χ1v) is 5.02. The molecule has 14 heavy (non-hydrogen) atoms. The molecule has 0 fully saturated rings. The van der Waals surface area contributed by atoms with E-state index < -0.39 is 0 Å². The standard InChI is InChI=1S/C9H20N2O2S/c1-8(7-13-3)11(4-5-12-2)6-9(10)14/h8H,4-7H2,1-3H3,(H2,10,14). The van der Waals surface area contributed by atoms with Crippen LogP contribution >= 0.6 is 12.2 Å². The van der Waals surface area contributed by atoms with Crippen LogP contribution in [0.4, 0.5) is 0 Å². The summed E-state index contributed by atoms with van der Waals surface area (Å²) in [5, 5.41) is 0. The summed E-state index contributed by atoms with van der Waals surface area (Å²) in [4.78, 5) is 2.65. The quantitative estimate of drug-likeness (QED) is 0.594. The highest BCUT2D eigenvalue weighted by Gasteiger charge is 2.13. The third-order valence-electron chi connectivity index (χ3n) is 1.97. The first kappa shape index (κ1) is 13.8. The fourth-order valence-corrected chi connectivity index (χ4v) is 1.38. The molecule has 1 unspecified atom stereocenters. The second-order valence-electron chi connectivity index (χ2n) is 3.23. The van der Waals surface area contributed by atoms with E-state index in [4.69, 9.17) is 27.4 Å². The summed E-state index contributed by atoms with van der Waals surface area (Å²) in [6.07, 6.45) is 0. The Morgan fingerprint density at radius 1 is 1.43 bits per heavy atom. The maximum absolute atomic E-state index is 5.51. The van der Waals surface area contributed by atoms with Gasteiger partial charge < -0.3 is 15.2 Å². The minimum atomic E-state index is 0.302. The smallest absolute Gasteiger partial charge is 0.0870 e. The highest BCUT2D eigenvalue weighted by molar-refractivity contribution is 7.80. The molecule has 1 atom stereocenters. The van der Waals surface area contributed by atoms with Gasteiger partial charge in [-0.15, -0.1) is 0 Å². The van der Waals surface area contributed by atoms with E-state index in [1.807, 2.05) is 0 Å². The van der Waals surface area contributed by atoms with Crippen LogP contribution in [0, 0.1) is 0 Å². The third-order valence-corrected chi connectivity index (χ3v) is 2.10. The van der Waals surface area contributed by atoms with Crippen LogP contribution in [-0.4, -0.2) is 56.5 Å². The van der Waals surface area contributed by atoms with Crippen molar-refractivity contribution in [3.8, 4) is 0 Å². The molecular weight excluding hydrogens is 200 g/mol. The van der Waals surface area contributed by atoms with Crippen LogP contribution in [0.3, 0.4) is 0 Å². The minimum Gasteiger partial charge on any atom is -0.392 e. The molecule has 0 amide bonds. The molecule has 0 radical (unpaired) electrons. The third kappa shape index (κ3) is 6.26. The monoisotopic (exact) mass is 220 g/mol. The van der Waals surface area contributed by atoms with Gasteiger partial charge in [0.1, 0.15) is 0 Å². The molecule has 0 aromatic heterocycles. The first-order valence-electron chi connectivity index (χ1n) is 4.62. The van der Waals surface area contributed by atoms with Crippen molar-refractivity contribution in [2.75, 3.05) is 40.5 Å². The van der Waals surface area contributed by atoms with Crippen molar-refractivity contribution < 1.29 is 9.47 Å². The Hall–Kier alpha value is -0.230. The summed E-state index contributed by atoms with van der Waals surface area (Å²) in [6, 6.07) is 0.302. The van der Waals surface area contributed by atoms with Gasteiger partial charge in [0.05, 0.1) is 18.2 Å². The van der Waals surface area contributed by atoms with Crippen LogP contribution in [-0.2, 0) is 9.47 Å². The predicted molar refractivity (Wildman–Crippen MR) is 61.6 cm³/mol. The van der Waals surface area contributed by atoms with Gasteiger partial charge in [-0.05, 0) is 6.92 Å². The summed E-state index contributed by atoms with van der Waals surface area (Å²) in [7, 11) is 3.37. The molecule has 2 N–H and O–H groups in total. The summed E-state index contributed by atoms with van der Waals surface area (Å²) in [6.45, 7) is 4.86. The minimum absolute atomic E-state index is 0.302. The first-order chi connectivity index (χ1) is 6.61. The van der Waals surface area contributed by atoms with Gasteiger partial charge in [-0.3, -0.25) is 4.90 Å². The van der Waals surface area contributed by atoms with Gasteiger partial charge in [-0.1, -0.05) is 12.2 Å². The van der Waals surface area contributed by atoms with Gasteiger partial charge in [0.15, 0.2) is 0 Å². The van der Waals surface area contributed by atoms with E-state index in [0.29, 0.717) is 30.8 Å². The highest BCUT2D eigenvalue weighted by atomic mass is 32.1. The molecule has 0 aliphatic heterocycles. The van der Waals surface area contributed by atoms with Crippen molar-refractivity contribution in [1.29, 1.82) is 0 Å². The van der Waals surface area contributed by atoms with Crippen LogP contribution in [0.5, 0.6) is 0 Å². The lowest BCUT2D eigenvalue weighted by atomic mass is 10.3. The molecule has 0 heterocycles. The summed E-state index contributed by atoms with van der Waals surface area (Å²) in [5.74, 6) is 0. The van der Waals surface area contributed by atoms with Gasteiger partial charge >= 0.3 is 0 Å². The highest BCUT2D eigenvalue weighted by Crippen LogP contribution is 1.99. The molecule has 0 aliphatic carbocycles. The van der Waals surface area contributed by atoms with Crippen molar-refractivity contribution in [3.05, 3.63) is 0 Å². The molecule has 84 valence electrons. The molecule has 0 saturated carbocycles. The molecule has 0 rings (SSSR count). The lowest BCUT2D eigenvalue weighted by Crippen LogP contribution is -2.43. The van der Waals surface area contributed by atoms with Crippen LogP contribution in [0.25, 0.3) is 0 Å². The molecule has 0 bridgehead atoms. The van der Waals surface area contributed by atoms with E-state index in [9.17, 15) is 0 Å². The maximum atomic E-state index is 5.51. The lowest BCUT2D eigenvalue weighted by Gasteiger charge is -2.27. The zero-order valence-corrected chi connectivity index (χ0v) is 9.97. The average molecular weight is 220 g/mol. The zero-order chi connectivity index (χ0) is 11.0. The van der Waals surface area contributed by atoms with Crippen LogP contribution < -0.4 is 5.73 Å². The molecule has 0 aromatic carbocycles.